The highest BCUT2D eigenvalue weighted by molar-refractivity contribution is 7.85. The molecule has 2 rings (SSSR count). The van der Waals surface area contributed by atoms with Gasteiger partial charge >= 0.3 is 10.3 Å². The third-order valence-electron chi connectivity index (χ3n) is 2.74. The van der Waals surface area contributed by atoms with E-state index in [1.54, 1.807) is 30.1 Å². The van der Waals surface area contributed by atoms with Crippen LogP contribution in [0.25, 0.3) is 0 Å². The maximum absolute atomic E-state index is 10.6. The quantitative estimate of drug-likeness (QED) is 0.315. The molecule has 0 spiro atoms. The summed E-state index contributed by atoms with van der Waals surface area (Å²) in [7, 11) is -7.12. The van der Waals surface area contributed by atoms with E-state index in [1.807, 2.05) is 6.07 Å². The molecule has 12 heteroatoms. The van der Waals surface area contributed by atoms with Gasteiger partial charge in [0, 0.05) is 5.69 Å². The van der Waals surface area contributed by atoms with Crippen LogP contribution in [0.2, 0.25) is 0 Å². The van der Waals surface area contributed by atoms with E-state index in [4.69, 9.17) is 13.8 Å². The molecule has 0 radical (unpaired) electrons. The molecule has 0 saturated heterocycles. The van der Waals surface area contributed by atoms with Crippen molar-refractivity contribution in [2.75, 3.05) is 12.5 Å². The molecule has 0 bridgehead atoms. The van der Waals surface area contributed by atoms with E-state index in [2.05, 4.69) is 5.43 Å². The summed E-state index contributed by atoms with van der Waals surface area (Å²) >= 11 is 0. The summed E-state index contributed by atoms with van der Waals surface area (Å²) in [6.45, 7) is 0. The van der Waals surface area contributed by atoms with E-state index in [-0.39, 0.29) is 10.6 Å². The summed E-state index contributed by atoms with van der Waals surface area (Å²) < 4.78 is 63.7. The third-order valence-corrected chi connectivity index (χ3v) is 3.97. The lowest BCUT2D eigenvalue weighted by Gasteiger charge is -2.05. The van der Waals surface area contributed by atoms with Gasteiger partial charge in [-0.15, -0.1) is 4.83 Å². The lowest BCUT2D eigenvalue weighted by molar-refractivity contribution is 0.112. The molecule has 0 unspecified atom stereocenters. The zero-order valence-electron chi connectivity index (χ0n) is 13.4. The Morgan fingerprint density at radius 2 is 1.54 bits per heavy atom. The highest BCUT2D eigenvalue weighted by Gasteiger charge is 2.08. The Morgan fingerprint density at radius 1 is 0.962 bits per heavy atom. The molecule has 0 aliphatic rings. The van der Waals surface area contributed by atoms with Gasteiger partial charge in [0.2, 0.25) is 0 Å². The van der Waals surface area contributed by atoms with Crippen molar-refractivity contribution in [3.8, 4) is 5.75 Å². The fourth-order valence-corrected chi connectivity index (χ4v) is 2.32. The normalized spacial score (nSPS) is 11.0. The van der Waals surface area contributed by atoms with Gasteiger partial charge < -0.3 is 10.2 Å². The molecule has 0 fully saturated rings. The Morgan fingerprint density at radius 3 is 1.96 bits per heavy atom. The number of hydrazine groups is 1. The molecule has 142 valence electrons. The van der Waals surface area contributed by atoms with Gasteiger partial charge in [0.05, 0.1) is 17.6 Å². The standard InChI is InChI=1S/C8H8O2.C6H8N2O6S2/c1-10-8-5-3-2-4-7(8)6-9;9-15(10,11)6-3-1-5(2-4-6)7-8-16(12,13)14/h2-6H,1H3;1-4,7-8H,(H,9,10,11)(H,12,13,14). The van der Waals surface area contributed by atoms with Crippen molar-refractivity contribution in [2.45, 2.75) is 4.90 Å². The van der Waals surface area contributed by atoms with Crippen LogP contribution in [-0.2, 0) is 20.4 Å². The Bertz CT molecular complexity index is 941. The first-order valence-electron chi connectivity index (χ1n) is 6.73. The second-order valence-electron chi connectivity index (χ2n) is 4.56. The van der Waals surface area contributed by atoms with Gasteiger partial charge in [0.15, 0.2) is 6.29 Å². The summed E-state index contributed by atoms with van der Waals surface area (Å²) in [4.78, 5) is 11.5. The van der Waals surface area contributed by atoms with Crippen molar-refractivity contribution in [1.82, 2.24) is 4.83 Å². The number of para-hydroxylation sites is 1. The van der Waals surface area contributed by atoms with Crippen molar-refractivity contribution in [3.63, 3.8) is 0 Å². The van der Waals surface area contributed by atoms with Crippen LogP contribution in [0.5, 0.6) is 5.75 Å². The number of ether oxygens (including phenoxy) is 1. The highest BCUT2D eigenvalue weighted by Crippen LogP contribution is 2.14. The minimum absolute atomic E-state index is 0.185. The molecule has 0 aliphatic heterocycles. The van der Waals surface area contributed by atoms with E-state index < -0.39 is 20.4 Å². The van der Waals surface area contributed by atoms with Crippen LogP contribution >= 0.6 is 0 Å². The molecular weight excluding hydrogens is 388 g/mol. The molecule has 0 aromatic heterocycles. The molecule has 4 N–H and O–H groups in total. The van der Waals surface area contributed by atoms with Crippen LogP contribution in [-0.4, -0.2) is 39.3 Å². The molecule has 0 heterocycles. The number of hydrogen-bond acceptors (Lipinski definition) is 7. The molecule has 26 heavy (non-hydrogen) atoms. The van der Waals surface area contributed by atoms with Gasteiger partial charge in [-0.3, -0.25) is 13.9 Å². The first kappa shape index (κ1) is 21.5. The van der Waals surface area contributed by atoms with E-state index in [0.29, 0.717) is 11.3 Å². The molecule has 0 aliphatic carbocycles. The zero-order valence-corrected chi connectivity index (χ0v) is 15.0. The highest BCUT2D eigenvalue weighted by atomic mass is 32.2. The van der Waals surface area contributed by atoms with Crippen molar-refractivity contribution < 1.29 is 35.5 Å². The molecule has 0 atom stereocenters. The molecule has 10 nitrogen and oxygen atoms in total. The van der Waals surface area contributed by atoms with Crippen LogP contribution in [0.1, 0.15) is 10.4 Å². The number of methoxy groups -OCH3 is 1. The number of benzene rings is 2. The summed E-state index contributed by atoms with van der Waals surface area (Å²) in [6, 6.07) is 11.6. The average Bonchev–Trinajstić information content (AvgIpc) is 2.59. The Balaban J connectivity index is 0.000000289. The van der Waals surface area contributed by atoms with E-state index in [1.165, 1.54) is 12.1 Å². The van der Waals surface area contributed by atoms with E-state index in [0.717, 1.165) is 18.4 Å². The molecular formula is C14H16N2O8S2. The van der Waals surface area contributed by atoms with Gasteiger partial charge in [-0.2, -0.15) is 16.8 Å². The van der Waals surface area contributed by atoms with Gasteiger partial charge in [-0.25, -0.2) is 0 Å². The number of carbonyl (C=O) groups is 1. The first-order valence-corrected chi connectivity index (χ1v) is 9.61. The summed E-state index contributed by atoms with van der Waals surface area (Å²) in [6.07, 6.45) is 0.777. The maximum Gasteiger partial charge on any atom is 0.350 e. The lowest BCUT2D eigenvalue weighted by Crippen LogP contribution is -2.28. The Hall–Kier alpha value is -2.51. The van der Waals surface area contributed by atoms with Gasteiger partial charge in [-0.05, 0) is 36.4 Å². The predicted molar refractivity (Wildman–Crippen MR) is 92.9 cm³/mol. The van der Waals surface area contributed by atoms with Crippen molar-refractivity contribution in [1.29, 1.82) is 0 Å². The van der Waals surface area contributed by atoms with Gasteiger partial charge in [0.1, 0.15) is 5.75 Å². The minimum Gasteiger partial charge on any atom is -0.496 e. The summed E-state index contributed by atoms with van der Waals surface area (Å²) in [5.41, 5.74) is 2.87. The van der Waals surface area contributed by atoms with Crippen molar-refractivity contribution in [3.05, 3.63) is 54.1 Å². The molecule has 0 saturated carbocycles. The lowest BCUT2D eigenvalue weighted by atomic mass is 10.2. The van der Waals surface area contributed by atoms with Crippen LogP contribution in [0, 0.1) is 0 Å². The third kappa shape index (κ3) is 7.58. The summed E-state index contributed by atoms with van der Waals surface area (Å²) in [5, 5.41) is 0. The van der Waals surface area contributed by atoms with E-state index >= 15 is 0 Å². The van der Waals surface area contributed by atoms with Crippen LogP contribution < -0.4 is 15.0 Å². The Kier molecular flexibility index (Phi) is 7.67. The fraction of sp³-hybridized carbons (Fsp3) is 0.0714. The summed E-state index contributed by atoms with van der Waals surface area (Å²) in [5.74, 6) is 0.623. The first-order chi connectivity index (χ1) is 12.1. The van der Waals surface area contributed by atoms with E-state index in [9.17, 15) is 21.6 Å². The molecule has 2 aromatic carbocycles. The van der Waals surface area contributed by atoms with Crippen molar-refractivity contribution >= 4 is 32.4 Å². The largest absolute Gasteiger partial charge is 0.496 e. The van der Waals surface area contributed by atoms with Crippen LogP contribution in [0.15, 0.2) is 53.4 Å². The smallest absolute Gasteiger partial charge is 0.350 e. The van der Waals surface area contributed by atoms with Crippen LogP contribution in [0.3, 0.4) is 0 Å². The number of anilines is 1. The van der Waals surface area contributed by atoms with Gasteiger partial charge in [-0.1, -0.05) is 12.1 Å². The predicted octanol–water partition coefficient (Wildman–Crippen LogP) is 1.16. The van der Waals surface area contributed by atoms with Gasteiger partial charge in [0.25, 0.3) is 10.1 Å². The number of aldehydes is 1. The molecule has 2 aromatic rings. The fourth-order valence-electron chi connectivity index (χ4n) is 1.60. The number of hydrogen-bond donors (Lipinski definition) is 4. The second-order valence-corrected chi connectivity index (χ2v) is 7.14. The number of rotatable bonds is 6. The monoisotopic (exact) mass is 404 g/mol. The number of nitrogens with one attached hydrogen (secondary N) is 2. The minimum atomic E-state index is -4.39. The second kappa shape index (κ2) is 9.26. The molecule has 0 amide bonds. The average molecular weight is 404 g/mol. The number of carbonyl (C=O) groups excluding carboxylic acids is 1. The van der Waals surface area contributed by atoms with Crippen molar-refractivity contribution in [2.24, 2.45) is 0 Å². The van der Waals surface area contributed by atoms with Crippen LogP contribution in [0.4, 0.5) is 5.69 Å². The topological polar surface area (TPSA) is 159 Å². The zero-order chi connectivity index (χ0) is 19.8. The Labute approximate surface area is 150 Å². The SMILES string of the molecule is COc1ccccc1C=O.O=S(=O)(O)NNc1ccc(S(=O)(=O)O)cc1. The maximum atomic E-state index is 10.6.